The van der Waals surface area contributed by atoms with Crippen LogP contribution in [0.25, 0.3) is 0 Å². The van der Waals surface area contributed by atoms with Gasteiger partial charge in [-0.3, -0.25) is 9.98 Å². The van der Waals surface area contributed by atoms with Crippen molar-refractivity contribution >= 4 is 23.5 Å². The van der Waals surface area contributed by atoms with Crippen molar-refractivity contribution in [3.63, 3.8) is 0 Å². The second kappa shape index (κ2) is 8.28. The van der Waals surface area contributed by atoms with Gasteiger partial charge in [-0.15, -0.1) is 0 Å². The summed E-state index contributed by atoms with van der Waals surface area (Å²) in [6.45, 7) is 8.04. The fourth-order valence-corrected chi connectivity index (χ4v) is 1.39. The van der Waals surface area contributed by atoms with E-state index in [0.717, 1.165) is 34.9 Å². The summed E-state index contributed by atoms with van der Waals surface area (Å²) in [7, 11) is 1.75. The van der Waals surface area contributed by atoms with Crippen LogP contribution in [-0.4, -0.2) is 19.0 Å². The maximum atomic E-state index is 6.21. The predicted octanol–water partition coefficient (Wildman–Crippen LogP) is 4.36. The molecule has 0 radical (unpaired) electrons. The minimum atomic E-state index is 0.779. The van der Waals surface area contributed by atoms with Gasteiger partial charge in [0, 0.05) is 29.6 Å². The number of rotatable bonds is 5. The van der Waals surface area contributed by atoms with Crippen molar-refractivity contribution in [2.45, 2.75) is 40.5 Å². The summed E-state index contributed by atoms with van der Waals surface area (Å²) in [6.07, 6.45) is 5.62. The number of aliphatic imine (C=N–C) groups is 2. The first-order valence-corrected chi connectivity index (χ1v) is 5.97. The first-order chi connectivity index (χ1) is 7.56. The Morgan fingerprint density at radius 1 is 1.25 bits per heavy atom. The highest BCUT2D eigenvalue weighted by molar-refractivity contribution is 6.30. The molecular formula is C13H21ClN2. The average molecular weight is 241 g/mol. The zero-order valence-electron chi connectivity index (χ0n) is 10.8. The third-order valence-electron chi connectivity index (χ3n) is 1.87. The molecule has 2 nitrogen and oxygen atoms in total. The zero-order valence-corrected chi connectivity index (χ0v) is 11.6. The summed E-state index contributed by atoms with van der Waals surface area (Å²) in [5.74, 6) is 0. The third-order valence-corrected chi connectivity index (χ3v) is 2.31. The largest absolute Gasteiger partial charge is 0.296 e. The van der Waals surface area contributed by atoms with Crippen LogP contribution in [0.15, 0.2) is 32.4 Å². The lowest BCUT2D eigenvalue weighted by atomic mass is 10.1. The monoisotopic (exact) mass is 240 g/mol. The maximum absolute atomic E-state index is 6.21. The molecule has 0 aliphatic carbocycles. The lowest BCUT2D eigenvalue weighted by molar-refractivity contribution is 1.13. The van der Waals surface area contributed by atoms with Gasteiger partial charge in [-0.1, -0.05) is 31.5 Å². The summed E-state index contributed by atoms with van der Waals surface area (Å²) >= 11 is 6.21. The molecule has 90 valence electrons. The molecule has 0 amide bonds. The van der Waals surface area contributed by atoms with Crippen LogP contribution in [0.1, 0.15) is 40.5 Å². The van der Waals surface area contributed by atoms with E-state index in [1.54, 1.807) is 7.05 Å². The molecule has 0 aromatic heterocycles. The summed E-state index contributed by atoms with van der Waals surface area (Å²) in [6, 6.07) is 0. The highest BCUT2D eigenvalue weighted by Gasteiger charge is 2.06. The smallest absolute Gasteiger partial charge is 0.0857 e. The molecule has 0 saturated carbocycles. The highest BCUT2D eigenvalue weighted by Crippen LogP contribution is 2.22. The van der Waals surface area contributed by atoms with E-state index in [9.17, 15) is 0 Å². The molecule has 0 fully saturated rings. The number of allylic oxidation sites excluding steroid dienone is 3. The van der Waals surface area contributed by atoms with Crippen LogP contribution in [-0.2, 0) is 0 Å². The molecule has 0 aromatic rings. The van der Waals surface area contributed by atoms with Gasteiger partial charge < -0.3 is 0 Å². The van der Waals surface area contributed by atoms with Gasteiger partial charge in [0.25, 0.3) is 0 Å². The van der Waals surface area contributed by atoms with Crippen molar-refractivity contribution in [1.29, 1.82) is 0 Å². The predicted molar refractivity (Wildman–Crippen MR) is 74.7 cm³/mol. The van der Waals surface area contributed by atoms with Gasteiger partial charge in [-0.2, -0.15) is 0 Å². The van der Waals surface area contributed by atoms with Crippen LogP contribution >= 0.6 is 11.6 Å². The Morgan fingerprint density at radius 2 is 1.88 bits per heavy atom. The van der Waals surface area contributed by atoms with Crippen molar-refractivity contribution in [2.75, 3.05) is 7.05 Å². The second-order valence-corrected chi connectivity index (χ2v) is 4.08. The Kier molecular flexibility index (Phi) is 7.82. The lowest BCUT2D eigenvalue weighted by Gasteiger charge is -2.06. The number of nitrogens with zero attached hydrogens (tertiary/aromatic N) is 2. The molecule has 0 rings (SSSR count). The van der Waals surface area contributed by atoms with E-state index in [0.29, 0.717) is 0 Å². The van der Waals surface area contributed by atoms with Crippen LogP contribution in [0.4, 0.5) is 0 Å². The normalized spacial score (nSPS) is 14.0. The van der Waals surface area contributed by atoms with Crippen molar-refractivity contribution in [1.82, 2.24) is 0 Å². The fourth-order valence-electron chi connectivity index (χ4n) is 1.24. The Balaban J connectivity index is 5.49. The molecule has 0 N–H and O–H groups in total. The topological polar surface area (TPSA) is 24.7 Å². The quantitative estimate of drug-likeness (QED) is 0.504. The van der Waals surface area contributed by atoms with E-state index in [2.05, 4.69) is 23.0 Å². The second-order valence-electron chi connectivity index (χ2n) is 3.62. The van der Waals surface area contributed by atoms with E-state index < -0.39 is 0 Å². The standard InChI is InChI=1S/C13H21ClN2/c1-6-8-11(9-15-5)13(12(14)7-2)16-10(3)4/h8-9H,6-7H2,1-5H3/b11-8-,13-12+,15-9-. The number of hydrogen-bond acceptors (Lipinski definition) is 2. The summed E-state index contributed by atoms with van der Waals surface area (Å²) < 4.78 is 0. The lowest BCUT2D eigenvalue weighted by Crippen LogP contribution is -1.95. The molecule has 0 saturated heterocycles. The molecule has 0 unspecified atom stereocenters. The van der Waals surface area contributed by atoms with Gasteiger partial charge in [-0.05, 0) is 26.7 Å². The van der Waals surface area contributed by atoms with Crippen molar-refractivity contribution in [3.05, 3.63) is 22.4 Å². The molecule has 0 aliphatic heterocycles. The molecule has 0 atom stereocenters. The van der Waals surface area contributed by atoms with E-state index in [-0.39, 0.29) is 0 Å². The van der Waals surface area contributed by atoms with Crippen LogP contribution in [0.2, 0.25) is 0 Å². The molecule has 3 heteroatoms. The van der Waals surface area contributed by atoms with Crippen LogP contribution in [0.5, 0.6) is 0 Å². The Labute approximate surface area is 104 Å². The van der Waals surface area contributed by atoms with Crippen molar-refractivity contribution < 1.29 is 0 Å². The SMILES string of the molecule is CC/C=C(/C=N\C)C(\N=C(C)C)=C(/Cl)CC. The van der Waals surface area contributed by atoms with E-state index in [1.807, 2.05) is 27.0 Å². The van der Waals surface area contributed by atoms with E-state index in [4.69, 9.17) is 11.6 Å². The van der Waals surface area contributed by atoms with Crippen LogP contribution < -0.4 is 0 Å². The number of halogens is 1. The fraction of sp³-hybridized carbons (Fsp3) is 0.538. The van der Waals surface area contributed by atoms with Gasteiger partial charge in [0.1, 0.15) is 0 Å². The average Bonchev–Trinajstić information content (AvgIpc) is 2.24. The molecular weight excluding hydrogens is 220 g/mol. The zero-order chi connectivity index (χ0) is 12.6. The summed E-state index contributed by atoms with van der Waals surface area (Å²) in [5, 5.41) is 0.779. The molecule has 16 heavy (non-hydrogen) atoms. The third kappa shape index (κ3) is 5.26. The van der Waals surface area contributed by atoms with Gasteiger partial charge >= 0.3 is 0 Å². The maximum Gasteiger partial charge on any atom is 0.0857 e. The molecule has 0 spiro atoms. The summed E-state index contributed by atoms with van der Waals surface area (Å²) in [4.78, 5) is 8.53. The van der Waals surface area contributed by atoms with Gasteiger partial charge in [0.15, 0.2) is 0 Å². The minimum Gasteiger partial charge on any atom is -0.296 e. The molecule has 0 heterocycles. The Hall–Kier alpha value is -0.890. The van der Waals surface area contributed by atoms with Gasteiger partial charge in [0.05, 0.1) is 5.70 Å². The van der Waals surface area contributed by atoms with Crippen molar-refractivity contribution in [2.24, 2.45) is 9.98 Å². The van der Waals surface area contributed by atoms with E-state index in [1.165, 1.54) is 0 Å². The molecule has 0 bridgehead atoms. The van der Waals surface area contributed by atoms with Gasteiger partial charge in [-0.25, -0.2) is 0 Å². The van der Waals surface area contributed by atoms with Crippen molar-refractivity contribution in [3.8, 4) is 0 Å². The first kappa shape index (κ1) is 15.1. The highest BCUT2D eigenvalue weighted by atomic mass is 35.5. The summed E-state index contributed by atoms with van der Waals surface area (Å²) in [5.41, 5.74) is 2.84. The Morgan fingerprint density at radius 3 is 2.25 bits per heavy atom. The van der Waals surface area contributed by atoms with Crippen LogP contribution in [0.3, 0.4) is 0 Å². The minimum absolute atomic E-state index is 0.779. The first-order valence-electron chi connectivity index (χ1n) is 5.59. The van der Waals surface area contributed by atoms with Gasteiger partial charge in [0.2, 0.25) is 0 Å². The Bertz CT molecular complexity index is 332. The van der Waals surface area contributed by atoms with Crippen LogP contribution in [0, 0.1) is 0 Å². The number of hydrogen-bond donors (Lipinski definition) is 0. The molecule has 0 aromatic carbocycles. The van der Waals surface area contributed by atoms with E-state index >= 15 is 0 Å². The molecule has 0 aliphatic rings.